The van der Waals surface area contributed by atoms with Crippen molar-refractivity contribution in [3.8, 4) is 0 Å². The number of non-ortho nitro benzene ring substituents is 1. The Kier molecular flexibility index (Phi) is 4.94. The van der Waals surface area contributed by atoms with E-state index in [4.69, 9.17) is 0 Å². The molecular weight excluding hydrogens is 288 g/mol. The number of hydrogen-bond donors (Lipinski definition) is 1. The maximum Gasteiger partial charge on any atom is 0.269 e. The highest BCUT2D eigenvalue weighted by Gasteiger charge is 2.09. The Bertz CT molecular complexity index is 639. The minimum Gasteiger partial charge on any atom is -0.348 e. The number of thioether (sulfide) groups is 1. The number of nitro groups is 1. The fraction of sp³-hybridized carbons (Fsp3) is 0.133. The fourth-order valence-corrected chi connectivity index (χ4v) is 2.17. The van der Waals surface area contributed by atoms with Gasteiger partial charge in [-0.15, -0.1) is 11.8 Å². The predicted molar refractivity (Wildman–Crippen MR) is 82.5 cm³/mol. The summed E-state index contributed by atoms with van der Waals surface area (Å²) in [5, 5.41) is 13.3. The van der Waals surface area contributed by atoms with Crippen LogP contribution in [0.3, 0.4) is 0 Å². The van der Waals surface area contributed by atoms with Gasteiger partial charge in [0.1, 0.15) is 0 Å². The van der Waals surface area contributed by atoms with Gasteiger partial charge in [0.25, 0.3) is 11.6 Å². The summed E-state index contributed by atoms with van der Waals surface area (Å²) < 4.78 is 0. The summed E-state index contributed by atoms with van der Waals surface area (Å²) in [6.07, 6.45) is 2.01. The van der Waals surface area contributed by atoms with Crippen molar-refractivity contribution in [1.29, 1.82) is 0 Å². The van der Waals surface area contributed by atoms with Crippen molar-refractivity contribution in [3.05, 3.63) is 69.8 Å². The van der Waals surface area contributed by atoms with E-state index >= 15 is 0 Å². The van der Waals surface area contributed by atoms with Crippen LogP contribution in [0.1, 0.15) is 15.9 Å². The smallest absolute Gasteiger partial charge is 0.269 e. The third kappa shape index (κ3) is 4.06. The summed E-state index contributed by atoms with van der Waals surface area (Å²) in [5.74, 6) is -0.251. The quantitative estimate of drug-likeness (QED) is 0.523. The van der Waals surface area contributed by atoms with Crippen molar-refractivity contribution in [3.63, 3.8) is 0 Å². The van der Waals surface area contributed by atoms with E-state index in [1.807, 2.05) is 30.5 Å². The molecule has 2 rings (SSSR count). The maximum absolute atomic E-state index is 11.9. The molecule has 0 aliphatic rings. The molecule has 6 heteroatoms. The van der Waals surface area contributed by atoms with E-state index in [0.29, 0.717) is 12.1 Å². The third-order valence-electron chi connectivity index (χ3n) is 2.95. The minimum absolute atomic E-state index is 0.0285. The highest BCUT2D eigenvalue weighted by atomic mass is 32.2. The van der Waals surface area contributed by atoms with E-state index in [2.05, 4.69) is 5.32 Å². The van der Waals surface area contributed by atoms with Crippen LogP contribution in [0, 0.1) is 10.1 Å². The first-order valence-corrected chi connectivity index (χ1v) is 7.48. The van der Waals surface area contributed by atoms with E-state index in [0.717, 1.165) is 5.56 Å². The lowest BCUT2D eigenvalue weighted by Gasteiger charge is -2.06. The molecule has 0 aromatic heterocycles. The van der Waals surface area contributed by atoms with Gasteiger partial charge >= 0.3 is 0 Å². The first-order valence-electron chi connectivity index (χ1n) is 6.26. The molecule has 0 unspecified atom stereocenters. The van der Waals surface area contributed by atoms with Crippen LogP contribution in [-0.2, 0) is 6.54 Å². The average Bonchev–Trinajstić information content (AvgIpc) is 2.53. The summed E-state index contributed by atoms with van der Waals surface area (Å²) >= 11 is 1.66. The minimum atomic E-state index is -0.491. The number of hydrogen-bond acceptors (Lipinski definition) is 4. The standard InChI is InChI=1S/C15H14N2O3S/c1-21-14-8-2-11(3-9-14)10-16-15(18)12-4-6-13(7-5-12)17(19)20/h2-9H,10H2,1H3,(H,16,18). The van der Waals surface area contributed by atoms with Gasteiger partial charge in [-0.2, -0.15) is 0 Å². The second-order valence-corrected chi connectivity index (χ2v) is 5.21. The molecule has 5 nitrogen and oxygen atoms in total. The molecule has 108 valence electrons. The summed E-state index contributed by atoms with van der Waals surface area (Å²) in [7, 11) is 0. The van der Waals surface area contributed by atoms with Crippen molar-refractivity contribution in [2.75, 3.05) is 6.26 Å². The lowest BCUT2D eigenvalue weighted by atomic mass is 10.2. The Morgan fingerprint density at radius 3 is 2.29 bits per heavy atom. The molecule has 1 amide bonds. The fourth-order valence-electron chi connectivity index (χ4n) is 1.76. The molecule has 1 N–H and O–H groups in total. The van der Waals surface area contributed by atoms with Crippen molar-refractivity contribution >= 4 is 23.4 Å². The highest BCUT2D eigenvalue weighted by molar-refractivity contribution is 7.98. The number of nitro benzene ring substituents is 1. The van der Waals surface area contributed by atoms with Crippen molar-refractivity contribution < 1.29 is 9.72 Å². The Morgan fingerprint density at radius 1 is 1.14 bits per heavy atom. The zero-order valence-corrected chi connectivity index (χ0v) is 12.2. The highest BCUT2D eigenvalue weighted by Crippen LogP contribution is 2.15. The normalized spacial score (nSPS) is 10.1. The molecule has 0 atom stereocenters. The Hall–Kier alpha value is -2.34. The molecule has 21 heavy (non-hydrogen) atoms. The second-order valence-electron chi connectivity index (χ2n) is 4.33. The van der Waals surface area contributed by atoms with Gasteiger partial charge in [0.2, 0.25) is 0 Å². The molecule has 2 aromatic carbocycles. The summed E-state index contributed by atoms with van der Waals surface area (Å²) in [4.78, 5) is 23.2. The Morgan fingerprint density at radius 2 is 1.76 bits per heavy atom. The molecule has 0 spiro atoms. The van der Waals surface area contributed by atoms with Gasteiger partial charge in [-0.3, -0.25) is 14.9 Å². The van der Waals surface area contributed by atoms with Gasteiger partial charge in [0.05, 0.1) is 4.92 Å². The number of carbonyl (C=O) groups is 1. The summed E-state index contributed by atoms with van der Waals surface area (Å²) in [6.45, 7) is 0.421. The predicted octanol–water partition coefficient (Wildman–Crippen LogP) is 3.25. The molecule has 0 heterocycles. The van der Waals surface area contributed by atoms with Crippen molar-refractivity contribution in [2.45, 2.75) is 11.4 Å². The topological polar surface area (TPSA) is 72.2 Å². The number of nitrogens with zero attached hydrogens (tertiary/aromatic N) is 1. The van der Waals surface area contributed by atoms with Gasteiger partial charge in [-0.1, -0.05) is 12.1 Å². The van der Waals surface area contributed by atoms with Crippen LogP contribution in [0.5, 0.6) is 0 Å². The molecule has 0 aliphatic heterocycles. The average molecular weight is 302 g/mol. The van der Waals surface area contributed by atoms with Crippen molar-refractivity contribution in [1.82, 2.24) is 5.32 Å². The number of nitrogens with one attached hydrogen (secondary N) is 1. The Labute approximate surface area is 126 Å². The molecule has 0 bridgehead atoms. The molecule has 0 aliphatic carbocycles. The number of benzene rings is 2. The van der Waals surface area contributed by atoms with Crippen LogP contribution in [0.2, 0.25) is 0 Å². The van der Waals surface area contributed by atoms with Gasteiger partial charge in [-0.25, -0.2) is 0 Å². The number of rotatable bonds is 5. The molecule has 0 radical (unpaired) electrons. The first-order chi connectivity index (χ1) is 10.1. The van der Waals surface area contributed by atoms with Crippen LogP contribution in [0.25, 0.3) is 0 Å². The largest absolute Gasteiger partial charge is 0.348 e. The van der Waals surface area contributed by atoms with Gasteiger partial charge in [0.15, 0.2) is 0 Å². The third-order valence-corrected chi connectivity index (χ3v) is 3.70. The van der Waals surface area contributed by atoms with Gasteiger partial charge in [-0.05, 0) is 36.1 Å². The molecular formula is C15H14N2O3S. The van der Waals surface area contributed by atoms with E-state index < -0.39 is 4.92 Å². The first kappa shape index (κ1) is 15.1. The van der Waals surface area contributed by atoms with E-state index in [1.165, 1.54) is 29.2 Å². The van der Waals surface area contributed by atoms with Crippen LogP contribution < -0.4 is 5.32 Å². The molecule has 2 aromatic rings. The van der Waals surface area contributed by atoms with Gasteiger partial charge in [0, 0.05) is 29.1 Å². The monoisotopic (exact) mass is 302 g/mol. The van der Waals surface area contributed by atoms with Gasteiger partial charge < -0.3 is 5.32 Å². The van der Waals surface area contributed by atoms with E-state index in [-0.39, 0.29) is 11.6 Å². The number of amides is 1. The zero-order chi connectivity index (χ0) is 15.2. The van der Waals surface area contributed by atoms with Crippen LogP contribution in [0.15, 0.2) is 53.4 Å². The van der Waals surface area contributed by atoms with Crippen LogP contribution >= 0.6 is 11.8 Å². The molecule has 0 fully saturated rings. The Balaban J connectivity index is 1.95. The molecule has 0 saturated heterocycles. The summed E-state index contributed by atoms with van der Waals surface area (Å²) in [5.41, 5.74) is 1.38. The lowest BCUT2D eigenvalue weighted by molar-refractivity contribution is -0.384. The summed E-state index contributed by atoms with van der Waals surface area (Å²) in [6, 6.07) is 13.5. The SMILES string of the molecule is CSc1ccc(CNC(=O)c2ccc([N+](=O)[O-])cc2)cc1. The second kappa shape index (κ2) is 6.90. The zero-order valence-electron chi connectivity index (χ0n) is 11.4. The number of carbonyl (C=O) groups excluding carboxylic acids is 1. The van der Waals surface area contributed by atoms with Crippen molar-refractivity contribution in [2.24, 2.45) is 0 Å². The van der Waals surface area contributed by atoms with Crippen LogP contribution in [-0.4, -0.2) is 17.1 Å². The lowest BCUT2D eigenvalue weighted by Crippen LogP contribution is -2.22. The maximum atomic E-state index is 11.9. The molecule has 0 saturated carbocycles. The van der Waals surface area contributed by atoms with E-state index in [1.54, 1.807) is 11.8 Å². The van der Waals surface area contributed by atoms with E-state index in [9.17, 15) is 14.9 Å². The van der Waals surface area contributed by atoms with Crippen LogP contribution in [0.4, 0.5) is 5.69 Å².